The summed E-state index contributed by atoms with van der Waals surface area (Å²) >= 11 is 0. The van der Waals surface area contributed by atoms with Crippen molar-refractivity contribution in [2.24, 2.45) is 17.4 Å². The van der Waals surface area contributed by atoms with Crippen LogP contribution in [-0.4, -0.2) is 61.1 Å². The summed E-state index contributed by atoms with van der Waals surface area (Å²) in [7, 11) is 2.70. The number of aromatic nitrogens is 1. The fourth-order valence-corrected chi connectivity index (χ4v) is 5.32. The number of nitrogens with zero attached hydrogens (tertiary/aromatic N) is 3. The molecule has 4 rings (SSSR count). The van der Waals surface area contributed by atoms with Gasteiger partial charge in [-0.3, -0.25) is 14.6 Å². The number of allylic oxidation sites excluding steroid dienone is 3. The van der Waals surface area contributed by atoms with E-state index in [0.717, 1.165) is 35.6 Å². The zero-order valence-corrected chi connectivity index (χ0v) is 23.7. The Kier molecular flexibility index (Phi) is 10.4. The molecular formula is C27H31Cl2F4N5O2. The van der Waals surface area contributed by atoms with E-state index < -0.39 is 57.6 Å². The Morgan fingerprint density at radius 3 is 2.40 bits per heavy atom. The Bertz CT molecular complexity index is 1350. The molecule has 218 valence electrons. The third-order valence-corrected chi connectivity index (χ3v) is 7.08. The zero-order chi connectivity index (χ0) is 27.9. The van der Waals surface area contributed by atoms with E-state index in [1.807, 2.05) is 11.8 Å². The summed E-state index contributed by atoms with van der Waals surface area (Å²) in [5, 5.41) is 0. The Labute approximate surface area is 242 Å². The van der Waals surface area contributed by atoms with E-state index in [1.165, 1.54) is 26.5 Å². The van der Waals surface area contributed by atoms with Crippen LogP contribution in [0.4, 0.5) is 23.2 Å². The number of carbonyl (C=O) groups excluding carboxylic acids is 2. The maximum atomic E-state index is 16.6. The number of rotatable bonds is 5. The molecule has 0 spiro atoms. The monoisotopic (exact) mass is 603 g/mol. The van der Waals surface area contributed by atoms with Gasteiger partial charge in [0.25, 0.3) is 5.91 Å². The van der Waals surface area contributed by atoms with Gasteiger partial charge < -0.3 is 21.3 Å². The number of hydrogen-bond acceptors (Lipinski definition) is 5. The molecule has 2 aromatic rings. The van der Waals surface area contributed by atoms with Gasteiger partial charge in [-0.1, -0.05) is 13.0 Å². The normalized spacial score (nSPS) is 24.2. The van der Waals surface area contributed by atoms with Crippen LogP contribution in [0.5, 0.6) is 0 Å². The van der Waals surface area contributed by atoms with Crippen LogP contribution in [0.25, 0.3) is 5.57 Å². The molecule has 0 radical (unpaired) electrons. The fraction of sp³-hybridized carbons (Fsp3) is 0.370. The second kappa shape index (κ2) is 12.6. The Hall–Kier alpha value is -3.15. The van der Waals surface area contributed by atoms with E-state index in [9.17, 15) is 9.59 Å². The SMILES string of the molecule is C[C@@H]1C[C@H](N)CN(c2ccncc2C2(C(N)=O)C=CC(F)=C(c3c(F)ccc(C(=O)N(C)C)c3F)C2F)C1.Cl.Cl. The van der Waals surface area contributed by atoms with E-state index in [1.54, 1.807) is 6.07 Å². The molecule has 2 amide bonds. The van der Waals surface area contributed by atoms with Gasteiger partial charge in [0, 0.05) is 62.4 Å². The minimum absolute atomic E-state index is 0. The number of primary amides is 1. The minimum Gasteiger partial charge on any atom is -0.369 e. The number of halogens is 6. The molecule has 2 unspecified atom stereocenters. The molecule has 1 saturated heterocycles. The van der Waals surface area contributed by atoms with Crippen molar-refractivity contribution in [3.8, 4) is 0 Å². The predicted molar refractivity (Wildman–Crippen MR) is 150 cm³/mol. The lowest BCUT2D eigenvalue weighted by molar-refractivity contribution is -0.123. The van der Waals surface area contributed by atoms with Gasteiger partial charge in [0.15, 0.2) is 6.17 Å². The van der Waals surface area contributed by atoms with Crippen LogP contribution in [0.3, 0.4) is 0 Å². The van der Waals surface area contributed by atoms with Crippen LogP contribution in [0.15, 0.2) is 48.6 Å². The summed E-state index contributed by atoms with van der Waals surface area (Å²) in [5.41, 5.74) is 7.27. The van der Waals surface area contributed by atoms with Gasteiger partial charge in [-0.25, -0.2) is 17.6 Å². The number of nitrogens with two attached hydrogens (primary N) is 2. The van der Waals surface area contributed by atoms with Crippen molar-refractivity contribution in [1.82, 2.24) is 9.88 Å². The van der Waals surface area contributed by atoms with Gasteiger partial charge in [-0.2, -0.15) is 0 Å². The minimum atomic E-state index is -2.66. The Balaban J connectivity index is 0.00000280. The van der Waals surface area contributed by atoms with Crippen LogP contribution >= 0.6 is 24.8 Å². The first kappa shape index (κ1) is 33.1. The smallest absolute Gasteiger partial charge is 0.256 e. The molecule has 1 fully saturated rings. The van der Waals surface area contributed by atoms with E-state index in [2.05, 4.69) is 4.98 Å². The Morgan fingerprint density at radius 1 is 1.12 bits per heavy atom. The van der Waals surface area contributed by atoms with E-state index in [4.69, 9.17) is 11.5 Å². The van der Waals surface area contributed by atoms with Crippen molar-refractivity contribution in [1.29, 1.82) is 0 Å². The van der Waals surface area contributed by atoms with Gasteiger partial charge >= 0.3 is 0 Å². The topological polar surface area (TPSA) is 106 Å². The van der Waals surface area contributed by atoms with Crippen LogP contribution < -0.4 is 16.4 Å². The second-order valence-corrected chi connectivity index (χ2v) is 10.1. The van der Waals surface area contributed by atoms with Gasteiger partial charge in [0.1, 0.15) is 22.9 Å². The number of pyridine rings is 1. The zero-order valence-electron chi connectivity index (χ0n) is 22.0. The van der Waals surface area contributed by atoms with Crippen molar-refractivity contribution >= 4 is 47.9 Å². The number of amides is 2. The summed E-state index contributed by atoms with van der Waals surface area (Å²) in [4.78, 5) is 32.4. The molecule has 4 atom stereocenters. The number of benzene rings is 1. The van der Waals surface area contributed by atoms with Crippen LogP contribution in [0, 0.1) is 17.6 Å². The average molecular weight is 604 g/mol. The number of hydrogen-bond donors (Lipinski definition) is 2. The quantitative estimate of drug-likeness (QED) is 0.501. The highest BCUT2D eigenvalue weighted by Gasteiger charge is 2.52. The molecule has 2 heterocycles. The maximum Gasteiger partial charge on any atom is 0.256 e. The fourth-order valence-electron chi connectivity index (χ4n) is 5.32. The second-order valence-electron chi connectivity index (χ2n) is 10.1. The maximum absolute atomic E-state index is 16.6. The summed E-state index contributed by atoms with van der Waals surface area (Å²) in [6.07, 6.45) is 2.51. The third kappa shape index (κ3) is 5.55. The predicted octanol–water partition coefficient (Wildman–Crippen LogP) is 4.09. The van der Waals surface area contributed by atoms with Gasteiger partial charge in [0.2, 0.25) is 5.91 Å². The molecule has 13 heteroatoms. The number of piperidine rings is 1. The number of carbonyl (C=O) groups is 2. The van der Waals surface area contributed by atoms with Crippen LogP contribution in [0.1, 0.15) is 34.8 Å². The standard InChI is InChI=1S/C27H29F4N5O2.2ClH/c1-14-10-15(32)13-36(12-14)20-7-9-34-11-17(20)27(26(33)38)8-6-19(29)22(24(27)31)21-18(28)5-4-16(23(21)30)25(37)35(2)3;;/h4-9,11,14-15,24H,10,12-13,32H2,1-3H3,(H2,33,38);2*1H/t14-,15+,24?,27?;;/m1../s1. The molecule has 1 aromatic heterocycles. The molecule has 40 heavy (non-hydrogen) atoms. The lowest BCUT2D eigenvalue weighted by Gasteiger charge is -2.41. The molecule has 0 bridgehead atoms. The first-order chi connectivity index (χ1) is 17.9. The van der Waals surface area contributed by atoms with Crippen LogP contribution in [0.2, 0.25) is 0 Å². The third-order valence-electron chi connectivity index (χ3n) is 7.08. The molecule has 7 nitrogen and oxygen atoms in total. The van der Waals surface area contributed by atoms with Crippen molar-refractivity contribution in [3.05, 3.63) is 76.9 Å². The van der Waals surface area contributed by atoms with Crippen molar-refractivity contribution < 1.29 is 27.2 Å². The van der Waals surface area contributed by atoms with Gasteiger partial charge in [-0.05, 0) is 36.6 Å². The Morgan fingerprint density at radius 2 is 1.80 bits per heavy atom. The molecule has 0 saturated carbocycles. The molecule has 1 aliphatic carbocycles. The lowest BCUT2D eigenvalue weighted by Crippen LogP contribution is -2.51. The van der Waals surface area contributed by atoms with E-state index in [-0.39, 0.29) is 42.3 Å². The highest BCUT2D eigenvalue weighted by molar-refractivity contribution is 5.99. The molecule has 1 aromatic carbocycles. The summed E-state index contributed by atoms with van der Waals surface area (Å²) < 4.78 is 62.5. The van der Waals surface area contributed by atoms with Crippen LogP contribution in [-0.2, 0) is 10.2 Å². The summed E-state index contributed by atoms with van der Waals surface area (Å²) in [6.45, 7) is 2.93. The van der Waals surface area contributed by atoms with E-state index >= 15 is 17.6 Å². The van der Waals surface area contributed by atoms with Crippen molar-refractivity contribution in [2.75, 3.05) is 32.1 Å². The molecular weight excluding hydrogens is 573 g/mol. The van der Waals surface area contributed by atoms with Gasteiger partial charge in [-0.15, -0.1) is 24.8 Å². The first-order valence-electron chi connectivity index (χ1n) is 12.1. The summed E-state index contributed by atoms with van der Waals surface area (Å²) in [6, 6.07) is 3.01. The highest BCUT2D eigenvalue weighted by Crippen LogP contribution is 2.48. The largest absolute Gasteiger partial charge is 0.369 e. The highest BCUT2D eigenvalue weighted by atomic mass is 35.5. The average Bonchev–Trinajstić information content (AvgIpc) is 2.85. The lowest BCUT2D eigenvalue weighted by atomic mass is 9.69. The number of anilines is 1. The van der Waals surface area contributed by atoms with E-state index in [0.29, 0.717) is 18.8 Å². The van der Waals surface area contributed by atoms with Gasteiger partial charge in [0.05, 0.1) is 11.1 Å². The summed E-state index contributed by atoms with van der Waals surface area (Å²) in [5.74, 6) is -5.93. The number of alkyl halides is 1. The van der Waals surface area contributed by atoms with Crippen molar-refractivity contribution in [3.63, 3.8) is 0 Å². The molecule has 2 aliphatic rings. The molecule has 4 N–H and O–H groups in total. The van der Waals surface area contributed by atoms with Crippen molar-refractivity contribution in [2.45, 2.75) is 31.0 Å². The first-order valence-corrected chi connectivity index (χ1v) is 12.1. The molecule has 1 aliphatic heterocycles.